The van der Waals surface area contributed by atoms with Gasteiger partial charge in [-0.15, -0.1) is 11.8 Å². The number of thioether (sulfide) groups is 1. The minimum Gasteiger partial charge on any atom is -0.353 e. The van der Waals surface area contributed by atoms with Gasteiger partial charge < -0.3 is 14.8 Å². The third kappa shape index (κ3) is 4.96. The molecule has 0 unspecified atom stereocenters. The van der Waals surface area contributed by atoms with E-state index < -0.39 is 0 Å². The second-order valence-electron chi connectivity index (χ2n) is 6.30. The van der Waals surface area contributed by atoms with Crippen LogP contribution in [0.5, 0.6) is 0 Å². The minimum absolute atomic E-state index is 0.00354. The molecule has 4 nitrogen and oxygen atoms in total. The molecule has 1 amide bonds. The molecule has 1 atom stereocenters. The highest BCUT2D eigenvalue weighted by Crippen LogP contribution is 2.37. The predicted molar refractivity (Wildman–Crippen MR) is 92.3 cm³/mol. The first-order valence-corrected chi connectivity index (χ1v) is 9.61. The van der Waals surface area contributed by atoms with Gasteiger partial charge in [0.15, 0.2) is 5.79 Å². The summed E-state index contributed by atoms with van der Waals surface area (Å²) in [6, 6.07) is 10.2. The van der Waals surface area contributed by atoms with Gasteiger partial charge in [-0.05, 0) is 18.4 Å². The Labute approximate surface area is 142 Å². The van der Waals surface area contributed by atoms with E-state index in [0.717, 1.165) is 18.6 Å². The Hall–Kier alpha value is -1.04. The molecule has 1 heterocycles. The van der Waals surface area contributed by atoms with Crippen molar-refractivity contribution >= 4 is 17.7 Å². The lowest BCUT2D eigenvalue weighted by molar-refractivity contribution is -0.186. The molecule has 1 aromatic rings. The van der Waals surface area contributed by atoms with Crippen molar-refractivity contribution < 1.29 is 14.3 Å². The molecule has 126 valence electrons. The van der Waals surface area contributed by atoms with E-state index in [0.29, 0.717) is 18.9 Å². The van der Waals surface area contributed by atoms with Crippen LogP contribution in [0.15, 0.2) is 30.3 Å². The normalized spacial score (nSPS) is 23.0. The summed E-state index contributed by atoms with van der Waals surface area (Å²) in [5.74, 6) is 1.06. The van der Waals surface area contributed by atoms with E-state index in [1.807, 2.05) is 18.2 Å². The van der Waals surface area contributed by atoms with Gasteiger partial charge in [-0.25, -0.2) is 0 Å². The Morgan fingerprint density at radius 1 is 1.22 bits per heavy atom. The van der Waals surface area contributed by atoms with E-state index in [-0.39, 0.29) is 17.8 Å². The van der Waals surface area contributed by atoms with Crippen molar-refractivity contribution in [2.45, 2.75) is 49.7 Å². The minimum atomic E-state index is -0.351. The maximum absolute atomic E-state index is 11.9. The zero-order chi connectivity index (χ0) is 16.0. The maximum atomic E-state index is 11.9. The molecule has 0 radical (unpaired) electrons. The maximum Gasteiger partial charge on any atom is 0.230 e. The van der Waals surface area contributed by atoms with E-state index in [2.05, 4.69) is 17.4 Å². The number of carbonyl (C=O) groups is 1. The van der Waals surface area contributed by atoms with Gasteiger partial charge in [-0.1, -0.05) is 36.8 Å². The summed E-state index contributed by atoms with van der Waals surface area (Å²) in [5.41, 5.74) is 1.25. The topological polar surface area (TPSA) is 47.6 Å². The van der Waals surface area contributed by atoms with Crippen LogP contribution in [0.4, 0.5) is 0 Å². The lowest BCUT2D eigenvalue weighted by Crippen LogP contribution is -2.37. The second-order valence-corrected chi connectivity index (χ2v) is 7.29. The summed E-state index contributed by atoms with van der Waals surface area (Å²) in [4.78, 5) is 11.9. The van der Waals surface area contributed by atoms with Crippen molar-refractivity contribution in [2.24, 2.45) is 0 Å². The van der Waals surface area contributed by atoms with E-state index in [4.69, 9.17) is 9.47 Å². The number of amides is 1. The lowest BCUT2D eigenvalue weighted by atomic mass is 9.94. The van der Waals surface area contributed by atoms with Gasteiger partial charge in [-0.2, -0.15) is 0 Å². The van der Waals surface area contributed by atoms with Gasteiger partial charge in [0.05, 0.1) is 12.4 Å². The van der Waals surface area contributed by atoms with Crippen LogP contribution in [0.1, 0.15) is 37.7 Å². The summed E-state index contributed by atoms with van der Waals surface area (Å²) in [6.07, 6.45) is 5.60. The molecular weight excluding hydrogens is 310 g/mol. The first-order valence-electron chi connectivity index (χ1n) is 8.46. The molecule has 1 saturated heterocycles. The van der Waals surface area contributed by atoms with Crippen LogP contribution < -0.4 is 5.32 Å². The Morgan fingerprint density at radius 3 is 2.78 bits per heavy atom. The van der Waals surface area contributed by atoms with Crippen molar-refractivity contribution in [3.63, 3.8) is 0 Å². The zero-order valence-corrected chi connectivity index (χ0v) is 14.3. The highest BCUT2D eigenvalue weighted by Gasteiger charge is 2.42. The highest BCUT2D eigenvalue weighted by molar-refractivity contribution is 7.99. The lowest BCUT2D eigenvalue weighted by Gasteiger charge is -2.31. The number of rotatable bonds is 6. The Bertz CT molecular complexity index is 502. The van der Waals surface area contributed by atoms with Gasteiger partial charge in [0, 0.05) is 25.1 Å². The van der Waals surface area contributed by atoms with Gasteiger partial charge >= 0.3 is 0 Å². The first-order chi connectivity index (χ1) is 11.3. The molecule has 1 spiro atoms. The van der Waals surface area contributed by atoms with Crippen LogP contribution in [0.2, 0.25) is 0 Å². The van der Waals surface area contributed by atoms with E-state index in [1.165, 1.54) is 24.8 Å². The second kappa shape index (κ2) is 8.18. The van der Waals surface area contributed by atoms with Gasteiger partial charge in [-0.3, -0.25) is 4.79 Å². The van der Waals surface area contributed by atoms with Crippen molar-refractivity contribution in [3.8, 4) is 0 Å². The Kier molecular flexibility index (Phi) is 5.97. The molecule has 23 heavy (non-hydrogen) atoms. The fourth-order valence-corrected chi connectivity index (χ4v) is 4.00. The monoisotopic (exact) mass is 335 g/mol. The SMILES string of the molecule is O=C(CSCc1ccccc1)NC[C@H]1COC2(CCCCC2)O1. The predicted octanol–water partition coefficient (Wildman–Crippen LogP) is 3.11. The smallest absolute Gasteiger partial charge is 0.230 e. The molecule has 2 fully saturated rings. The van der Waals surface area contributed by atoms with Crippen molar-refractivity contribution in [1.82, 2.24) is 5.32 Å². The molecule has 3 rings (SSSR count). The van der Waals surface area contributed by atoms with Crippen LogP contribution in [0, 0.1) is 0 Å². The third-order valence-corrected chi connectivity index (χ3v) is 5.40. The van der Waals surface area contributed by atoms with Crippen LogP contribution in [-0.4, -0.2) is 36.7 Å². The van der Waals surface area contributed by atoms with Crippen LogP contribution in [-0.2, 0) is 20.0 Å². The fourth-order valence-electron chi connectivity index (χ4n) is 3.18. The van der Waals surface area contributed by atoms with Gasteiger partial charge in [0.25, 0.3) is 0 Å². The van der Waals surface area contributed by atoms with Gasteiger partial charge in [0.1, 0.15) is 6.10 Å². The summed E-state index contributed by atoms with van der Waals surface area (Å²) in [5, 5.41) is 2.97. The number of hydrogen-bond acceptors (Lipinski definition) is 4. The average molecular weight is 335 g/mol. The number of benzene rings is 1. The first kappa shape index (κ1) is 16.8. The molecule has 0 bridgehead atoms. The molecule has 1 aromatic carbocycles. The highest BCUT2D eigenvalue weighted by atomic mass is 32.2. The van der Waals surface area contributed by atoms with E-state index in [9.17, 15) is 4.79 Å². The van der Waals surface area contributed by atoms with Crippen LogP contribution in [0.25, 0.3) is 0 Å². The van der Waals surface area contributed by atoms with Crippen molar-refractivity contribution in [2.75, 3.05) is 18.9 Å². The van der Waals surface area contributed by atoms with Crippen LogP contribution in [0.3, 0.4) is 0 Å². The van der Waals surface area contributed by atoms with E-state index in [1.54, 1.807) is 11.8 Å². The molecule has 2 aliphatic rings. The fraction of sp³-hybridized carbons (Fsp3) is 0.611. The molecule has 1 saturated carbocycles. The number of carbonyl (C=O) groups excluding carboxylic acids is 1. The molecular formula is C18H25NO3S. The number of nitrogens with one attached hydrogen (secondary N) is 1. The van der Waals surface area contributed by atoms with E-state index >= 15 is 0 Å². The average Bonchev–Trinajstić information content (AvgIpc) is 2.97. The largest absolute Gasteiger partial charge is 0.353 e. The zero-order valence-electron chi connectivity index (χ0n) is 13.5. The molecule has 1 aliphatic heterocycles. The molecule has 0 aromatic heterocycles. The quantitative estimate of drug-likeness (QED) is 0.868. The third-order valence-electron chi connectivity index (χ3n) is 4.40. The summed E-state index contributed by atoms with van der Waals surface area (Å²) < 4.78 is 12.0. The number of ether oxygens (including phenoxy) is 2. The Balaban J connectivity index is 1.32. The summed E-state index contributed by atoms with van der Waals surface area (Å²) in [6.45, 7) is 1.14. The molecule has 1 N–H and O–H groups in total. The van der Waals surface area contributed by atoms with Crippen molar-refractivity contribution in [1.29, 1.82) is 0 Å². The molecule has 1 aliphatic carbocycles. The standard InChI is InChI=1S/C18H25NO3S/c20-17(14-23-13-15-7-3-1-4-8-15)19-11-16-12-21-18(22-16)9-5-2-6-10-18/h1,3-4,7-8,16H,2,5-6,9-14H2,(H,19,20)/t16-/m0/s1. The van der Waals surface area contributed by atoms with Crippen molar-refractivity contribution in [3.05, 3.63) is 35.9 Å². The van der Waals surface area contributed by atoms with Crippen LogP contribution >= 0.6 is 11.8 Å². The summed E-state index contributed by atoms with van der Waals surface area (Å²) in [7, 11) is 0. The Morgan fingerprint density at radius 2 is 2.00 bits per heavy atom. The summed E-state index contributed by atoms with van der Waals surface area (Å²) >= 11 is 1.63. The van der Waals surface area contributed by atoms with Gasteiger partial charge in [0.2, 0.25) is 5.91 Å². The molecule has 5 heteroatoms. The number of hydrogen-bond donors (Lipinski definition) is 1.